The molecule has 1 heterocycles. The van der Waals surface area contributed by atoms with Gasteiger partial charge in [-0.25, -0.2) is 0 Å². The van der Waals surface area contributed by atoms with Crippen LogP contribution in [0.2, 0.25) is 0 Å². The molecule has 0 atom stereocenters. The van der Waals surface area contributed by atoms with Gasteiger partial charge in [0.1, 0.15) is 0 Å². The van der Waals surface area contributed by atoms with Gasteiger partial charge in [-0.2, -0.15) is 18.2 Å². The van der Waals surface area contributed by atoms with Gasteiger partial charge in [0.05, 0.1) is 0 Å². The van der Waals surface area contributed by atoms with E-state index in [2.05, 4.69) is 25.3 Å². The molecule has 1 aromatic heterocycles. The van der Waals surface area contributed by atoms with E-state index >= 15 is 0 Å². The van der Waals surface area contributed by atoms with E-state index in [1.807, 2.05) is 0 Å². The van der Waals surface area contributed by atoms with Crippen LogP contribution in [0.3, 0.4) is 0 Å². The molecule has 0 aliphatic heterocycles. The number of carbonyl (C=O) groups excluding carboxylic acids is 1. The molecule has 2 N–H and O–H groups in total. The van der Waals surface area contributed by atoms with Gasteiger partial charge in [0.25, 0.3) is 0 Å². The highest BCUT2D eigenvalue weighted by Gasteiger charge is 2.38. The maximum Gasteiger partial charge on any atom is 0.471 e. The molecule has 0 aliphatic carbocycles. The number of hydrogen-bond donors (Lipinski definition) is 2. The molecule has 0 saturated carbocycles. The number of amides is 1. The molecule has 0 radical (unpaired) electrons. The summed E-state index contributed by atoms with van der Waals surface area (Å²) in [5, 5.41) is 8.93. The number of carbonyl (C=O) groups is 1. The van der Waals surface area contributed by atoms with E-state index in [-0.39, 0.29) is 11.7 Å². The van der Waals surface area contributed by atoms with E-state index in [0.717, 1.165) is 6.54 Å². The number of anilines is 1. The minimum Gasteiger partial charge on any atom is -0.329 e. The Bertz CT molecular complexity index is 653. The van der Waals surface area contributed by atoms with Crippen LogP contribution in [0.25, 0.3) is 11.4 Å². The Morgan fingerprint density at radius 2 is 1.96 bits per heavy atom. The Kier molecular flexibility index (Phi) is 5.32. The van der Waals surface area contributed by atoms with Gasteiger partial charge in [0.15, 0.2) is 0 Å². The first kappa shape index (κ1) is 16.9. The van der Waals surface area contributed by atoms with E-state index in [1.165, 1.54) is 12.1 Å². The van der Waals surface area contributed by atoms with E-state index in [1.54, 1.807) is 19.2 Å². The number of hydrogen-bond acceptors (Lipinski definition) is 5. The number of halogens is 3. The van der Waals surface area contributed by atoms with Gasteiger partial charge in [0.2, 0.25) is 11.7 Å². The van der Waals surface area contributed by atoms with E-state index in [4.69, 9.17) is 0 Å². The number of nitrogens with zero attached hydrogens (tertiary/aromatic N) is 2. The second-order valence-corrected chi connectivity index (χ2v) is 4.75. The third-order valence-electron chi connectivity index (χ3n) is 2.93. The second kappa shape index (κ2) is 7.23. The van der Waals surface area contributed by atoms with E-state index < -0.39 is 12.1 Å². The van der Waals surface area contributed by atoms with Gasteiger partial charge in [-0.1, -0.05) is 5.16 Å². The SMILES string of the molecule is CNCCCC(=O)Nc1ccc(-c2noc(C(F)(F)F)n2)cc1. The Morgan fingerprint density at radius 1 is 1.26 bits per heavy atom. The van der Waals surface area contributed by atoms with Gasteiger partial charge in [0, 0.05) is 17.7 Å². The maximum absolute atomic E-state index is 12.4. The molecule has 0 fully saturated rings. The Labute approximate surface area is 130 Å². The van der Waals surface area contributed by atoms with Crippen LogP contribution in [-0.4, -0.2) is 29.6 Å². The maximum atomic E-state index is 12.4. The number of benzene rings is 1. The van der Waals surface area contributed by atoms with Crippen molar-refractivity contribution in [3.8, 4) is 11.4 Å². The van der Waals surface area contributed by atoms with Crippen LogP contribution in [0.4, 0.5) is 18.9 Å². The lowest BCUT2D eigenvalue weighted by Gasteiger charge is -2.05. The molecule has 2 aromatic rings. The topological polar surface area (TPSA) is 80.0 Å². The Hall–Kier alpha value is -2.42. The van der Waals surface area contributed by atoms with Crippen molar-refractivity contribution in [3.05, 3.63) is 30.2 Å². The molecule has 1 amide bonds. The predicted octanol–water partition coefficient (Wildman–Crippen LogP) is 2.69. The lowest BCUT2D eigenvalue weighted by Crippen LogP contribution is -2.15. The highest BCUT2D eigenvalue weighted by atomic mass is 19.4. The molecule has 0 spiro atoms. The van der Waals surface area contributed by atoms with Crippen molar-refractivity contribution in [1.29, 1.82) is 0 Å². The van der Waals surface area contributed by atoms with Crippen LogP contribution in [0.5, 0.6) is 0 Å². The van der Waals surface area contributed by atoms with Gasteiger partial charge in [-0.3, -0.25) is 4.79 Å². The molecule has 1 aromatic carbocycles. The fourth-order valence-electron chi connectivity index (χ4n) is 1.81. The summed E-state index contributed by atoms with van der Waals surface area (Å²) in [5.74, 6) is -1.69. The minimum absolute atomic E-state index is 0.132. The van der Waals surface area contributed by atoms with Crippen LogP contribution in [0.1, 0.15) is 18.7 Å². The predicted molar refractivity (Wildman–Crippen MR) is 76.5 cm³/mol. The van der Waals surface area contributed by atoms with Gasteiger partial charge >= 0.3 is 12.1 Å². The summed E-state index contributed by atoms with van der Waals surface area (Å²) in [7, 11) is 1.80. The smallest absolute Gasteiger partial charge is 0.329 e. The van der Waals surface area contributed by atoms with Gasteiger partial charge < -0.3 is 15.2 Å². The van der Waals surface area contributed by atoms with Crippen molar-refractivity contribution in [2.75, 3.05) is 18.9 Å². The standard InChI is InChI=1S/C14H15F3N4O2/c1-18-8-2-3-11(22)19-10-6-4-9(5-7-10)12-20-13(23-21-12)14(15,16)17/h4-7,18H,2-3,8H2,1H3,(H,19,22). The van der Waals surface area contributed by atoms with Crippen molar-refractivity contribution in [1.82, 2.24) is 15.5 Å². The Balaban J connectivity index is 1.99. The molecule has 2 rings (SSSR count). The molecule has 0 aliphatic rings. The van der Waals surface area contributed by atoms with E-state index in [0.29, 0.717) is 24.1 Å². The molecule has 0 unspecified atom stereocenters. The first-order valence-corrected chi connectivity index (χ1v) is 6.86. The third-order valence-corrected chi connectivity index (χ3v) is 2.93. The third kappa shape index (κ3) is 4.78. The summed E-state index contributed by atoms with van der Waals surface area (Å²) in [6, 6.07) is 6.15. The molecule has 23 heavy (non-hydrogen) atoms. The summed E-state index contributed by atoms with van der Waals surface area (Å²) in [6.45, 7) is 0.742. The van der Waals surface area contributed by atoms with Crippen molar-refractivity contribution in [2.45, 2.75) is 19.0 Å². The van der Waals surface area contributed by atoms with Crippen molar-refractivity contribution in [3.63, 3.8) is 0 Å². The first-order chi connectivity index (χ1) is 10.9. The van der Waals surface area contributed by atoms with Crippen LogP contribution in [-0.2, 0) is 11.0 Å². The highest BCUT2D eigenvalue weighted by molar-refractivity contribution is 5.90. The zero-order valence-electron chi connectivity index (χ0n) is 12.3. The van der Waals surface area contributed by atoms with Crippen LogP contribution < -0.4 is 10.6 Å². The molecule has 0 bridgehead atoms. The fourth-order valence-corrected chi connectivity index (χ4v) is 1.81. The lowest BCUT2D eigenvalue weighted by atomic mass is 10.2. The summed E-state index contributed by atoms with van der Waals surface area (Å²) in [5.41, 5.74) is 0.903. The second-order valence-electron chi connectivity index (χ2n) is 4.75. The molecular weight excluding hydrogens is 313 g/mol. The largest absolute Gasteiger partial charge is 0.471 e. The van der Waals surface area contributed by atoms with Gasteiger partial charge in [-0.15, -0.1) is 0 Å². The lowest BCUT2D eigenvalue weighted by molar-refractivity contribution is -0.159. The molecule has 124 valence electrons. The van der Waals surface area contributed by atoms with Crippen molar-refractivity contribution in [2.24, 2.45) is 0 Å². The molecule has 9 heteroatoms. The summed E-state index contributed by atoms with van der Waals surface area (Å²) >= 11 is 0. The van der Waals surface area contributed by atoms with Crippen molar-refractivity contribution < 1.29 is 22.5 Å². The summed E-state index contributed by atoms with van der Waals surface area (Å²) in [4.78, 5) is 14.9. The van der Waals surface area contributed by atoms with Crippen LogP contribution >= 0.6 is 0 Å². The molecule has 6 nitrogen and oxygen atoms in total. The number of rotatable bonds is 6. The van der Waals surface area contributed by atoms with Crippen LogP contribution in [0.15, 0.2) is 28.8 Å². The first-order valence-electron chi connectivity index (χ1n) is 6.86. The molecular formula is C14H15F3N4O2. The normalized spacial score (nSPS) is 11.5. The average Bonchev–Trinajstić information content (AvgIpc) is 2.98. The van der Waals surface area contributed by atoms with Gasteiger partial charge in [-0.05, 0) is 44.3 Å². The highest BCUT2D eigenvalue weighted by Crippen LogP contribution is 2.29. The number of aromatic nitrogens is 2. The number of nitrogens with one attached hydrogen (secondary N) is 2. The Morgan fingerprint density at radius 3 is 2.52 bits per heavy atom. The minimum atomic E-state index is -4.67. The number of alkyl halides is 3. The summed E-state index contributed by atoms with van der Waals surface area (Å²) < 4.78 is 41.4. The van der Waals surface area contributed by atoms with E-state index in [9.17, 15) is 18.0 Å². The monoisotopic (exact) mass is 328 g/mol. The zero-order chi connectivity index (χ0) is 16.9. The quantitative estimate of drug-likeness (QED) is 0.797. The zero-order valence-corrected chi connectivity index (χ0v) is 12.3. The van der Waals surface area contributed by atoms with Crippen molar-refractivity contribution >= 4 is 11.6 Å². The molecule has 0 saturated heterocycles. The van der Waals surface area contributed by atoms with Crippen LogP contribution in [0, 0.1) is 0 Å². The summed E-state index contributed by atoms with van der Waals surface area (Å²) in [6.07, 6.45) is -3.58. The fraction of sp³-hybridized carbons (Fsp3) is 0.357. The average molecular weight is 328 g/mol.